The van der Waals surface area contributed by atoms with E-state index < -0.39 is 12.0 Å². The quantitative estimate of drug-likeness (QED) is 0.384. The predicted molar refractivity (Wildman–Crippen MR) is 142 cm³/mol. The third-order valence-corrected chi connectivity index (χ3v) is 7.68. The minimum atomic E-state index is -1.06. The third kappa shape index (κ3) is 4.79. The Bertz CT molecular complexity index is 1480. The number of fused-ring (bicyclic) bond motifs is 3. The molecule has 0 amide bonds. The van der Waals surface area contributed by atoms with Crippen LogP contribution in [0.15, 0.2) is 54.6 Å². The number of aromatic nitrogens is 1. The summed E-state index contributed by atoms with van der Waals surface area (Å²) in [5.41, 5.74) is 6.90. The van der Waals surface area contributed by atoms with E-state index in [-0.39, 0.29) is 12.0 Å². The van der Waals surface area contributed by atoms with Gasteiger partial charge in [0.2, 0.25) is 0 Å². The number of halogens is 1. The summed E-state index contributed by atoms with van der Waals surface area (Å²) in [6.07, 6.45) is 0.415. The van der Waals surface area contributed by atoms with Gasteiger partial charge in [-0.25, -0.2) is 0 Å². The van der Waals surface area contributed by atoms with Crippen LogP contribution >= 0.6 is 11.6 Å². The number of carboxylic acid groups (broad SMARTS) is 1. The van der Waals surface area contributed by atoms with Gasteiger partial charge in [0, 0.05) is 33.5 Å². The second-order valence-corrected chi connectivity index (χ2v) is 10.4. The van der Waals surface area contributed by atoms with E-state index in [2.05, 4.69) is 18.8 Å². The molecule has 0 aliphatic carbocycles. The van der Waals surface area contributed by atoms with E-state index in [1.807, 2.05) is 66.8 Å². The van der Waals surface area contributed by atoms with Crippen molar-refractivity contribution in [2.45, 2.75) is 51.8 Å². The number of hydrogen-bond donors (Lipinski definition) is 2. The van der Waals surface area contributed by atoms with Gasteiger partial charge in [0.15, 0.2) is 6.04 Å². The minimum Gasteiger partial charge on any atom is -0.544 e. The van der Waals surface area contributed by atoms with Gasteiger partial charge in [-0.05, 0) is 65.9 Å². The number of nitrogens with two attached hydrogens (primary N) is 1. The number of carbonyl (C=O) groups excluding carboxylic acids is 1. The molecular weight excluding hydrogens is 488 g/mol. The SMILES string of the molecule is COc1ccc([C@@H]2[NH2+][C@H](C(=O)[O-])Cc3c2[nH]c2ccccc32)cc1COc1cc(C)c(Cl)cc1C(C)C. The lowest BCUT2D eigenvalue weighted by Gasteiger charge is -2.29. The molecule has 0 radical (unpaired) electrons. The van der Waals surface area contributed by atoms with Gasteiger partial charge in [-0.1, -0.05) is 43.6 Å². The molecule has 0 unspecified atom stereocenters. The number of ether oxygens (including phenoxy) is 2. The maximum Gasteiger partial charge on any atom is 0.153 e. The number of methoxy groups -OCH3 is 1. The first kappa shape index (κ1) is 25.2. The second-order valence-electron chi connectivity index (χ2n) is 10.0. The molecule has 0 saturated heterocycles. The van der Waals surface area contributed by atoms with Gasteiger partial charge < -0.3 is 29.7 Å². The van der Waals surface area contributed by atoms with E-state index in [1.54, 1.807) is 7.11 Å². The van der Waals surface area contributed by atoms with Crippen LogP contribution in [0.5, 0.6) is 11.5 Å². The predicted octanol–water partition coefficient (Wildman–Crippen LogP) is 4.17. The molecule has 2 heterocycles. The minimum absolute atomic E-state index is 0.229. The summed E-state index contributed by atoms with van der Waals surface area (Å²) in [6, 6.07) is 17.0. The number of carboxylic acids is 1. The number of aliphatic carboxylic acids is 1. The molecule has 37 heavy (non-hydrogen) atoms. The number of benzene rings is 3. The average molecular weight is 519 g/mol. The fourth-order valence-electron chi connectivity index (χ4n) is 5.27. The summed E-state index contributed by atoms with van der Waals surface area (Å²) >= 11 is 6.38. The lowest BCUT2D eigenvalue weighted by Crippen LogP contribution is -2.95. The van der Waals surface area contributed by atoms with Gasteiger partial charge in [-0.2, -0.15) is 0 Å². The molecule has 2 atom stereocenters. The van der Waals surface area contributed by atoms with E-state index >= 15 is 0 Å². The van der Waals surface area contributed by atoms with Gasteiger partial charge in [0.25, 0.3) is 0 Å². The number of carbonyl (C=O) groups is 1. The summed E-state index contributed by atoms with van der Waals surface area (Å²) in [4.78, 5) is 15.5. The number of aromatic amines is 1. The topological polar surface area (TPSA) is 91.0 Å². The molecule has 0 bridgehead atoms. The van der Waals surface area contributed by atoms with Gasteiger partial charge in [0.1, 0.15) is 24.1 Å². The molecular formula is C30H31ClN2O4. The Morgan fingerprint density at radius 1 is 1.16 bits per heavy atom. The van der Waals surface area contributed by atoms with Crippen molar-refractivity contribution in [2.75, 3.05) is 7.11 Å². The summed E-state index contributed by atoms with van der Waals surface area (Å²) in [5.74, 6) is 0.700. The van der Waals surface area contributed by atoms with Crippen LogP contribution < -0.4 is 19.9 Å². The molecule has 3 N–H and O–H groups in total. The Kier molecular flexibility index (Phi) is 6.88. The summed E-state index contributed by atoms with van der Waals surface area (Å²) in [7, 11) is 1.64. The van der Waals surface area contributed by atoms with Crippen molar-refractivity contribution in [1.82, 2.24) is 4.98 Å². The Balaban J connectivity index is 1.52. The van der Waals surface area contributed by atoms with Crippen molar-refractivity contribution in [2.24, 2.45) is 0 Å². The highest BCUT2D eigenvalue weighted by molar-refractivity contribution is 6.31. The van der Waals surface area contributed by atoms with Crippen molar-refractivity contribution in [3.8, 4) is 11.5 Å². The summed E-state index contributed by atoms with van der Waals surface area (Å²) in [6.45, 7) is 6.48. The first-order valence-corrected chi connectivity index (χ1v) is 12.9. The van der Waals surface area contributed by atoms with E-state index in [1.165, 1.54) is 0 Å². The van der Waals surface area contributed by atoms with Crippen molar-refractivity contribution in [3.63, 3.8) is 0 Å². The molecule has 3 aromatic carbocycles. The number of nitrogens with one attached hydrogen (secondary N) is 1. The van der Waals surface area contributed by atoms with Crippen LogP contribution in [0.1, 0.15) is 59.3 Å². The Morgan fingerprint density at radius 3 is 2.68 bits per heavy atom. The molecule has 5 rings (SSSR count). The Hall–Kier alpha value is -3.48. The van der Waals surface area contributed by atoms with Crippen LogP contribution in [0, 0.1) is 6.92 Å². The Morgan fingerprint density at radius 2 is 1.95 bits per heavy atom. The second kappa shape index (κ2) is 10.1. The molecule has 0 spiro atoms. The molecule has 0 fully saturated rings. The molecule has 7 heteroatoms. The number of rotatable bonds is 7. The van der Waals surface area contributed by atoms with E-state index in [0.29, 0.717) is 18.8 Å². The number of aryl methyl sites for hydroxylation is 1. The van der Waals surface area contributed by atoms with E-state index in [4.69, 9.17) is 21.1 Å². The van der Waals surface area contributed by atoms with Crippen LogP contribution in [0.2, 0.25) is 5.02 Å². The molecule has 0 saturated carbocycles. The number of para-hydroxylation sites is 1. The first-order chi connectivity index (χ1) is 17.8. The van der Waals surface area contributed by atoms with Crippen molar-refractivity contribution < 1.29 is 24.7 Å². The smallest absolute Gasteiger partial charge is 0.153 e. The van der Waals surface area contributed by atoms with Crippen molar-refractivity contribution >= 4 is 28.5 Å². The van der Waals surface area contributed by atoms with Gasteiger partial charge >= 0.3 is 0 Å². The maximum absolute atomic E-state index is 12.0. The average Bonchev–Trinajstić information content (AvgIpc) is 3.27. The monoisotopic (exact) mass is 518 g/mol. The maximum atomic E-state index is 12.0. The van der Waals surface area contributed by atoms with E-state index in [9.17, 15) is 9.90 Å². The number of hydrogen-bond acceptors (Lipinski definition) is 4. The fraction of sp³-hybridized carbons (Fsp3) is 0.300. The van der Waals surface area contributed by atoms with Crippen LogP contribution in [-0.4, -0.2) is 24.1 Å². The summed E-state index contributed by atoms with van der Waals surface area (Å²) in [5, 5.41) is 15.6. The van der Waals surface area contributed by atoms with Crippen molar-refractivity contribution in [1.29, 1.82) is 0 Å². The number of quaternary nitrogens is 1. The van der Waals surface area contributed by atoms with Gasteiger partial charge in [0.05, 0.1) is 18.8 Å². The zero-order chi connectivity index (χ0) is 26.3. The largest absolute Gasteiger partial charge is 0.544 e. The molecule has 1 aliphatic heterocycles. The highest BCUT2D eigenvalue weighted by Crippen LogP contribution is 2.35. The fourth-order valence-corrected chi connectivity index (χ4v) is 5.44. The standard InChI is InChI=1S/C30H31ClN2O4/c1-16(2)21-13-23(31)17(3)11-27(21)37-15-19-12-18(9-10-26(19)36-4)28-29-22(14-25(33-28)30(34)35)20-7-5-6-8-24(20)32-29/h5-13,16,25,28,32-33H,14-15H2,1-4H3,(H,34,35)/t25-,28-/m0/s1. The van der Waals surface area contributed by atoms with Crippen molar-refractivity contribution in [3.05, 3.63) is 93.1 Å². The first-order valence-electron chi connectivity index (χ1n) is 12.5. The summed E-state index contributed by atoms with van der Waals surface area (Å²) < 4.78 is 12.0. The molecule has 1 aliphatic rings. The zero-order valence-electron chi connectivity index (χ0n) is 21.4. The zero-order valence-corrected chi connectivity index (χ0v) is 22.2. The lowest BCUT2D eigenvalue weighted by atomic mass is 9.89. The van der Waals surface area contributed by atoms with Crippen LogP contribution in [0.25, 0.3) is 10.9 Å². The number of H-pyrrole nitrogens is 1. The van der Waals surface area contributed by atoms with Crippen LogP contribution in [0.3, 0.4) is 0 Å². The molecule has 4 aromatic rings. The molecule has 192 valence electrons. The lowest BCUT2D eigenvalue weighted by molar-refractivity contribution is -0.717. The molecule has 1 aromatic heterocycles. The Labute approximate surface area is 221 Å². The molecule has 6 nitrogen and oxygen atoms in total. The highest BCUT2D eigenvalue weighted by Gasteiger charge is 2.35. The normalized spacial score (nSPS) is 17.1. The van der Waals surface area contributed by atoms with Gasteiger partial charge in [-0.15, -0.1) is 0 Å². The van der Waals surface area contributed by atoms with E-state index in [0.717, 1.165) is 55.2 Å². The van der Waals surface area contributed by atoms with Gasteiger partial charge in [-0.3, -0.25) is 0 Å². The van der Waals surface area contributed by atoms with Crippen LogP contribution in [-0.2, 0) is 17.8 Å². The third-order valence-electron chi connectivity index (χ3n) is 7.27. The highest BCUT2D eigenvalue weighted by atomic mass is 35.5. The van der Waals surface area contributed by atoms with Crippen LogP contribution in [0.4, 0.5) is 0 Å².